The van der Waals surface area contributed by atoms with Gasteiger partial charge in [0, 0.05) is 11.8 Å². The van der Waals surface area contributed by atoms with Crippen LogP contribution in [-0.4, -0.2) is 9.97 Å². The van der Waals surface area contributed by atoms with Gasteiger partial charge in [0.25, 0.3) is 0 Å². The van der Waals surface area contributed by atoms with E-state index in [1.54, 1.807) is 12.1 Å². The smallest absolute Gasteiger partial charge is 0.134 e. The molecule has 0 amide bonds. The molecule has 0 atom stereocenters. The second kappa shape index (κ2) is 5.25. The molecule has 19 heavy (non-hydrogen) atoms. The average molecular weight is 279 g/mol. The molecule has 0 N–H and O–H groups in total. The molecule has 2 nitrogen and oxygen atoms in total. The lowest BCUT2D eigenvalue weighted by Gasteiger charge is -2.18. The van der Waals surface area contributed by atoms with Crippen molar-refractivity contribution in [3.8, 4) is 0 Å². The molecule has 1 aromatic heterocycles. The lowest BCUT2D eigenvalue weighted by atomic mass is 9.92. The van der Waals surface area contributed by atoms with E-state index in [4.69, 9.17) is 11.6 Å². The molecule has 0 fully saturated rings. The summed E-state index contributed by atoms with van der Waals surface area (Å²) in [6.45, 7) is 6.20. The molecule has 0 aliphatic carbocycles. The Hall–Kier alpha value is -1.48. The number of hydrogen-bond acceptors (Lipinski definition) is 2. The van der Waals surface area contributed by atoms with E-state index in [1.807, 2.05) is 6.07 Å². The van der Waals surface area contributed by atoms with Crippen molar-refractivity contribution in [2.75, 3.05) is 0 Å². The van der Waals surface area contributed by atoms with Gasteiger partial charge in [-0.25, -0.2) is 14.4 Å². The zero-order valence-electron chi connectivity index (χ0n) is 11.2. The van der Waals surface area contributed by atoms with Gasteiger partial charge in [-0.05, 0) is 23.8 Å². The second-order valence-electron chi connectivity index (χ2n) is 5.55. The first-order chi connectivity index (χ1) is 8.84. The summed E-state index contributed by atoms with van der Waals surface area (Å²) < 4.78 is 13.2. The van der Waals surface area contributed by atoms with E-state index in [-0.39, 0.29) is 11.2 Å². The van der Waals surface area contributed by atoms with E-state index in [9.17, 15) is 4.39 Å². The summed E-state index contributed by atoms with van der Waals surface area (Å²) >= 11 is 6.03. The van der Waals surface area contributed by atoms with Crippen LogP contribution >= 0.6 is 11.6 Å². The lowest BCUT2D eigenvalue weighted by molar-refractivity contribution is 0.563. The summed E-state index contributed by atoms with van der Waals surface area (Å²) in [5.74, 6) is 0.360. The molecule has 0 saturated heterocycles. The van der Waals surface area contributed by atoms with Gasteiger partial charge in [-0.15, -0.1) is 0 Å². The average Bonchev–Trinajstić information content (AvgIpc) is 2.26. The SMILES string of the molecule is CC(C)(C)c1cc(Cl)nc(Cc2cccc(F)c2)n1. The maximum absolute atomic E-state index is 13.2. The summed E-state index contributed by atoms with van der Waals surface area (Å²) in [4.78, 5) is 8.72. The van der Waals surface area contributed by atoms with Crippen LogP contribution in [0.25, 0.3) is 0 Å². The Morgan fingerprint density at radius 1 is 1.16 bits per heavy atom. The first kappa shape index (κ1) is 13.9. The van der Waals surface area contributed by atoms with Gasteiger partial charge < -0.3 is 0 Å². The van der Waals surface area contributed by atoms with Crippen LogP contribution in [0.15, 0.2) is 30.3 Å². The maximum atomic E-state index is 13.2. The molecule has 2 aromatic rings. The van der Waals surface area contributed by atoms with Crippen LogP contribution in [0, 0.1) is 5.82 Å². The van der Waals surface area contributed by atoms with Crippen LogP contribution in [0.1, 0.15) is 37.9 Å². The third kappa shape index (κ3) is 3.74. The molecule has 1 heterocycles. The highest BCUT2D eigenvalue weighted by Crippen LogP contribution is 2.23. The Morgan fingerprint density at radius 2 is 1.89 bits per heavy atom. The van der Waals surface area contributed by atoms with Gasteiger partial charge in [-0.3, -0.25) is 0 Å². The Bertz CT molecular complexity index is 591. The molecule has 4 heteroatoms. The second-order valence-corrected chi connectivity index (χ2v) is 5.94. The van der Waals surface area contributed by atoms with Gasteiger partial charge in [0.15, 0.2) is 0 Å². The first-order valence-corrected chi connectivity index (χ1v) is 6.51. The van der Waals surface area contributed by atoms with Crippen molar-refractivity contribution in [1.29, 1.82) is 0 Å². The number of halogens is 2. The molecular formula is C15H16ClFN2. The Labute approximate surface area is 117 Å². The minimum absolute atomic E-state index is 0.0940. The summed E-state index contributed by atoms with van der Waals surface area (Å²) in [5, 5.41) is 0.423. The topological polar surface area (TPSA) is 25.8 Å². The van der Waals surface area contributed by atoms with Gasteiger partial charge in [0.1, 0.15) is 16.8 Å². The Morgan fingerprint density at radius 3 is 2.53 bits per heavy atom. The van der Waals surface area contributed by atoms with Crippen molar-refractivity contribution in [3.05, 3.63) is 58.4 Å². The number of hydrogen-bond donors (Lipinski definition) is 0. The van der Waals surface area contributed by atoms with E-state index in [1.165, 1.54) is 12.1 Å². The van der Waals surface area contributed by atoms with Crippen molar-refractivity contribution >= 4 is 11.6 Å². The van der Waals surface area contributed by atoms with Crippen LogP contribution in [-0.2, 0) is 11.8 Å². The van der Waals surface area contributed by atoms with Crippen molar-refractivity contribution in [3.63, 3.8) is 0 Å². The number of nitrogens with zero attached hydrogens (tertiary/aromatic N) is 2. The van der Waals surface area contributed by atoms with Crippen molar-refractivity contribution in [2.24, 2.45) is 0 Å². The molecule has 0 aliphatic rings. The molecule has 1 aromatic carbocycles. The monoisotopic (exact) mass is 278 g/mol. The molecule has 0 unspecified atom stereocenters. The molecule has 2 rings (SSSR count). The molecular weight excluding hydrogens is 263 g/mol. The van der Waals surface area contributed by atoms with Gasteiger partial charge >= 0.3 is 0 Å². The zero-order chi connectivity index (χ0) is 14.0. The predicted molar refractivity (Wildman–Crippen MR) is 74.9 cm³/mol. The van der Waals surface area contributed by atoms with Crippen LogP contribution in [0.2, 0.25) is 5.15 Å². The van der Waals surface area contributed by atoms with Crippen molar-refractivity contribution < 1.29 is 4.39 Å². The van der Waals surface area contributed by atoms with Gasteiger partial charge in [-0.2, -0.15) is 0 Å². The van der Waals surface area contributed by atoms with E-state index in [2.05, 4.69) is 30.7 Å². The molecule has 0 aliphatic heterocycles. The lowest BCUT2D eigenvalue weighted by Crippen LogP contribution is -2.15. The largest absolute Gasteiger partial charge is 0.237 e. The Kier molecular flexibility index (Phi) is 3.85. The third-order valence-corrected chi connectivity index (χ3v) is 2.95. The normalized spacial score (nSPS) is 11.6. The fourth-order valence-electron chi connectivity index (χ4n) is 1.76. The van der Waals surface area contributed by atoms with Crippen molar-refractivity contribution in [2.45, 2.75) is 32.6 Å². The summed E-state index contributed by atoms with van der Waals surface area (Å²) in [5.41, 5.74) is 1.63. The number of aromatic nitrogens is 2. The fraction of sp³-hybridized carbons (Fsp3) is 0.333. The standard InChI is InChI=1S/C15H16ClFN2/c1-15(2,3)12-9-13(16)19-14(18-12)8-10-5-4-6-11(17)7-10/h4-7,9H,8H2,1-3H3. The van der Waals surface area contributed by atoms with E-state index in [0.29, 0.717) is 17.4 Å². The van der Waals surface area contributed by atoms with E-state index < -0.39 is 0 Å². The molecule has 0 radical (unpaired) electrons. The van der Waals surface area contributed by atoms with E-state index in [0.717, 1.165) is 11.3 Å². The minimum Gasteiger partial charge on any atom is -0.237 e. The summed E-state index contributed by atoms with van der Waals surface area (Å²) in [6, 6.07) is 8.21. The molecule has 100 valence electrons. The Balaban J connectivity index is 2.33. The molecule has 0 saturated carbocycles. The summed E-state index contributed by atoms with van der Waals surface area (Å²) in [6.07, 6.45) is 0.474. The van der Waals surface area contributed by atoms with Crippen molar-refractivity contribution in [1.82, 2.24) is 9.97 Å². The number of rotatable bonds is 2. The number of benzene rings is 1. The highest BCUT2D eigenvalue weighted by atomic mass is 35.5. The van der Waals surface area contributed by atoms with Gasteiger partial charge in [0.05, 0.1) is 5.69 Å². The van der Waals surface area contributed by atoms with Gasteiger partial charge in [0.2, 0.25) is 0 Å². The summed E-state index contributed by atoms with van der Waals surface area (Å²) in [7, 11) is 0. The minimum atomic E-state index is -0.254. The van der Waals surface area contributed by atoms with Crippen LogP contribution in [0.4, 0.5) is 4.39 Å². The predicted octanol–water partition coefficient (Wildman–Crippen LogP) is 4.16. The van der Waals surface area contributed by atoms with Gasteiger partial charge in [-0.1, -0.05) is 44.5 Å². The highest BCUT2D eigenvalue weighted by molar-refractivity contribution is 6.29. The first-order valence-electron chi connectivity index (χ1n) is 6.13. The maximum Gasteiger partial charge on any atom is 0.134 e. The zero-order valence-corrected chi connectivity index (χ0v) is 12.0. The third-order valence-electron chi connectivity index (χ3n) is 2.76. The highest BCUT2D eigenvalue weighted by Gasteiger charge is 2.17. The van der Waals surface area contributed by atoms with Crippen LogP contribution in [0.3, 0.4) is 0 Å². The van der Waals surface area contributed by atoms with Crippen LogP contribution < -0.4 is 0 Å². The molecule has 0 spiro atoms. The fourth-order valence-corrected chi connectivity index (χ4v) is 1.96. The molecule has 0 bridgehead atoms. The van der Waals surface area contributed by atoms with E-state index >= 15 is 0 Å². The van der Waals surface area contributed by atoms with Crippen LogP contribution in [0.5, 0.6) is 0 Å². The quantitative estimate of drug-likeness (QED) is 0.771.